The molecule has 1 heterocycles. The zero-order chi connectivity index (χ0) is 27.4. The average Bonchev–Trinajstić information content (AvgIpc) is 3.15. The molecule has 0 aliphatic rings. The van der Waals surface area contributed by atoms with Gasteiger partial charge in [-0.1, -0.05) is 41.4 Å². The van der Waals surface area contributed by atoms with Gasteiger partial charge in [0.15, 0.2) is 0 Å². The Bertz CT molecular complexity index is 1590. The maximum atomic E-state index is 13.5. The molecule has 1 amide bonds. The average molecular weight is 573 g/mol. The minimum atomic E-state index is -4.11. The van der Waals surface area contributed by atoms with Crippen molar-refractivity contribution in [2.24, 2.45) is 5.10 Å². The summed E-state index contributed by atoms with van der Waals surface area (Å²) in [5.74, 6) is -1.21. The van der Waals surface area contributed by atoms with Gasteiger partial charge in [-0.25, -0.2) is 18.2 Å². The number of benzene rings is 3. The zero-order valence-electron chi connectivity index (χ0n) is 20.4. The molecule has 0 atom stereocenters. The second kappa shape index (κ2) is 11.4. The largest absolute Gasteiger partial charge is 0.318 e. The second-order valence-electron chi connectivity index (χ2n) is 8.38. The van der Waals surface area contributed by atoms with E-state index in [9.17, 15) is 17.6 Å². The van der Waals surface area contributed by atoms with Crippen molar-refractivity contribution in [3.63, 3.8) is 0 Å². The van der Waals surface area contributed by atoms with E-state index >= 15 is 0 Å². The number of hydrogen-bond acceptors (Lipinski definition) is 4. The normalized spacial score (nSPS) is 11.6. The van der Waals surface area contributed by atoms with Crippen LogP contribution < -0.4 is 9.73 Å². The topological polar surface area (TPSA) is 83.8 Å². The molecule has 4 aromatic rings. The number of carbonyl (C=O) groups is 1. The van der Waals surface area contributed by atoms with Gasteiger partial charge in [0.05, 0.1) is 16.8 Å². The number of nitrogens with one attached hydrogen (secondary N) is 1. The van der Waals surface area contributed by atoms with Crippen LogP contribution >= 0.6 is 23.2 Å². The van der Waals surface area contributed by atoms with Gasteiger partial charge in [0.25, 0.3) is 15.9 Å². The molecule has 0 bridgehead atoms. The monoisotopic (exact) mass is 572 g/mol. The third kappa shape index (κ3) is 6.07. The maximum absolute atomic E-state index is 13.5. The molecule has 0 unspecified atom stereocenters. The first-order valence-electron chi connectivity index (χ1n) is 11.4. The fourth-order valence-electron chi connectivity index (χ4n) is 3.97. The SMILES string of the molecule is Cc1cc(/C=N/NC(=O)CN(c2ccc(F)cc2)S(=O)(=O)c2ccccc2)c(C)n1-c1cc(Cl)cc(Cl)c1. The minimum absolute atomic E-state index is 0.00538. The molecular weight excluding hydrogens is 550 g/mol. The maximum Gasteiger partial charge on any atom is 0.264 e. The van der Waals surface area contributed by atoms with Crippen molar-refractivity contribution in [2.75, 3.05) is 10.8 Å². The number of aryl methyl sites for hydroxylation is 1. The first-order valence-corrected chi connectivity index (χ1v) is 13.6. The summed E-state index contributed by atoms with van der Waals surface area (Å²) in [6.45, 7) is 3.22. The van der Waals surface area contributed by atoms with E-state index in [0.717, 1.165) is 39.1 Å². The Hall–Kier alpha value is -3.66. The number of carbonyl (C=O) groups excluding carboxylic acids is 1. The highest BCUT2D eigenvalue weighted by Crippen LogP contribution is 2.26. The Morgan fingerprint density at radius 3 is 2.26 bits per heavy atom. The number of aromatic nitrogens is 1. The molecule has 196 valence electrons. The summed E-state index contributed by atoms with van der Waals surface area (Å²) in [6.07, 6.45) is 1.47. The number of hydrazone groups is 1. The van der Waals surface area contributed by atoms with Crippen molar-refractivity contribution in [3.05, 3.63) is 112 Å². The summed E-state index contributed by atoms with van der Waals surface area (Å²) < 4.78 is 43.0. The lowest BCUT2D eigenvalue weighted by Crippen LogP contribution is -2.39. The third-order valence-electron chi connectivity index (χ3n) is 5.70. The van der Waals surface area contributed by atoms with Gasteiger partial charge in [-0.2, -0.15) is 5.10 Å². The van der Waals surface area contributed by atoms with Crippen molar-refractivity contribution in [2.45, 2.75) is 18.7 Å². The van der Waals surface area contributed by atoms with E-state index in [1.165, 1.54) is 30.5 Å². The van der Waals surface area contributed by atoms with Crippen LogP contribution in [-0.2, 0) is 14.8 Å². The van der Waals surface area contributed by atoms with Gasteiger partial charge < -0.3 is 4.57 Å². The van der Waals surface area contributed by atoms with Gasteiger partial charge in [-0.3, -0.25) is 9.10 Å². The number of hydrogen-bond donors (Lipinski definition) is 1. The smallest absolute Gasteiger partial charge is 0.264 e. The molecule has 11 heteroatoms. The Kier molecular flexibility index (Phi) is 8.20. The van der Waals surface area contributed by atoms with Crippen LogP contribution in [0.25, 0.3) is 5.69 Å². The lowest BCUT2D eigenvalue weighted by Gasteiger charge is -2.23. The Morgan fingerprint density at radius 2 is 1.63 bits per heavy atom. The quantitative estimate of drug-likeness (QED) is 0.211. The third-order valence-corrected chi connectivity index (χ3v) is 7.93. The van der Waals surface area contributed by atoms with Crippen molar-refractivity contribution < 1.29 is 17.6 Å². The first-order chi connectivity index (χ1) is 18.1. The number of sulfonamides is 1. The van der Waals surface area contributed by atoms with Crippen LogP contribution in [-0.4, -0.2) is 31.7 Å². The Labute approximate surface area is 230 Å². The number of rotatable bonds is 8. The molecule has 0 aliphatic heterocycles. The van der Waals surface area contributed by atoms with Crippen molar-refractivity contribution >= 4 is 51.0 Å². The predicted octanol–water partition coefficient (Wildman–Crippen LogP) is 5.89. The van der Waals surface area contributed by atoms with Gasteiger partial charge >= 0.3 is 0 Å². The standard InChI is InChI=1S/C27H23Cl2FN4O3S/c1-18-12-20(19(2)34(18)25-14-21(28)13-22(29)15-25)16-31-32-27(35)17-33(24-10-8-23(30)9-11-24)38(36,37)26-6-4-3-5-7-26/h3-16H,17H2,1-2H3,(H,32,35)/b31-16+. The van der Waals surface area contributed by atoms with Gasteiger partial charge in [-0.15, -0.1) is 0 Å². The molecule has 0 radical (unpaired) electrons. The molecule has 1 aromatic heterocycles. The van der Waals surface area contributed by atoms with Gasteiger partial charge in [-0.05, 0) is 74.5 Å². The van der Waals surface area contributed by atoms with Crippen LogP contribution in [0.15, 0.2) is 88.9 Å². The zero-order valence-corrected chi connectivity index (χ0v) is 22.7. The van der Waals surface area contributed by atoms with Crippen LogP contribution in [0, 0.1) is 19.7 Å². The summed E-state index contributed by atoms with van der Waals surface area (Å²) in [5, 5.41) is 5.03. The first kappa shape index (κ1) is 27.4. The summed E-state index contributed by atoms with van der Waals surface area (Å²) in [6, 6.07) is 19.6. The number of amides is 1. The van der Waals surface area contributed by atoms with Gasteiger partial charge in [0.2, 0.25) is 0 Å². The minimum Gasteiger partial charge on any atom is -0.318 e. The lowest BCUT2D eigenvalue weighted by molar-refractivity contribution is -0.119. The molecule has 38 heavy (non-hydrogen) atoms. The van der Waals surface area contributed by atoms with Crippen LogP contribution in [0.1, 0.15) is 17.0 Å². The molecular formula is C27H23Cl2FN4O3S. The van der Waals surface area contributed by atoms with E-state index in [1.807, 2.05) is 24.5 Å². The highest BCUT2D eigenvalue weighted by atomic mass is 35.5. The molecule has 0 fully saturated rings. The summed E-state index contributed by atoms with van der Waals surface area (Å²) >= 11 is 12.3. The fraction of sp³-hybridized carbons (Fsp3) is 0.111. The van der Waals surface area contributed by atoms with Gasteiger partial charge in [0.1, 0.15) is 12.4 Å². The van der Waals surface area contributed by atoms with Crippen LogP contribution in [0.2, 0.25) is 10.0 Å². The van der Waals surface area contributed by atoms with Gasteiger partial charge in [0, 0.05) is 32.7 Å². The number of halogens is 3. The number of nitrogens with zero attached hydrogens (tertiary/aromatic N) is 3. The molecule has 0 spiro atoms. The summed E-state index contributed by atoms with van der Waals surface area (Å²) in [5.41, 5.74) is 5.75. The van der Waals surface area contributed by atoms with E-state index in [0.29, 0.717) is 10.0 Å². The highest BCUT2D eigenvalue weighted by molar-refractivity contribution is 7.92. The van der Waals surface area contributed by atoms with Crippen molar-refractivity contribution in [1.29, 1.82) is 0 Å². The van der Waals surface area contributed by atoms with E-state index in [4.69, 9.17) is 23.2 Å². The predicted molar refractivity (Wildman–Crippen MR) is 148 cm³/mol. The summed E-state index contributed by atoms with van der Waals surface area (Å²) in [7, 11) is -4.11. The van der Waals surface area contributed by atoms with Crippen LogP contribution in [0.3, 0.4) is 0 Å². The Balaban J connectivity index is 1.55. The van der Waals surface area contributed by atoms with Crippen molar-refractivity contribution in [1.82, 2.24) is 9.99 Å². The molecule has 0 aliphatic carbocycles. The molecule has 3 aromatic carbocycles. The molecule has 4 rings (SSSR count). The molecule has 0 saturated heterocycles. The van der Waals surface area contributed by atoms with E-state index in [-0.39, 0.29) is 10.6 Å². The number of anilines is 1. The van der Waals surface area contributed by atoms with E-state index < -0.39 is 28.3 Å². The lowest BCUT2D eigenvalue weighted by atomic mass is 10.2. The van der Waals surface area contributed by atoms with Crippen LogP contribution in [0.4, 0.5) is 10.1 Å². The highest BCUT2D eigenvalue weighted by Gasteiger charge is 2.27. The van der Waals surface area contributed by atoms with E-state index in [2.05, 4.69) is 10.5 Å². The van der Waals surface area contributed by atoms with Crippen molar-refractivity contribution in [3.8, 4) is 5.69 Å². The second-order valence-corrected chi connectivity index (χ2v) is 11.1. The molecule has 1 N–H and O–H groups in total. The fourth-order valence-corrected chi connectivity index (χ4v) is 5.92. The van der Waals surface area contributed by atoms with E-state index in [1.54, 1.807) is 36.4 Å². The van der Waals surface area contributed by atoms with Crippen LogP contribution in [0.5, 0.6) is 0 Å². The molecule has 7 nitrogen and oxygen atoms in total. The Morgan fingerprint density at radius 1 is 1.00 bits per heavy atom. The molecule has 0 saturated carbocycles. The summed E-state index contributed by atoms with van der Waals surface area (Å²) in [4.78, 5) is 12.8.